The van der Waals surface area contributed by atoms with Gasteiger partial charge < -0.3 is 4.74 Å². The molecule has 0 spiro atoms. The van der Waals surface area contributed by atoms with Crippen LogP contribution in [-0.4, -0.2) is 56.4 Å². The molecule has 0 fully saturated rings. The summed E-state index contributed by atoms with van der Waals surface area (Å²) in [5, 5.41) is 3.85. The molecule has 0 aliphatic carbocycles. The van der Waals surface area contributed by atoms with E-state index in [1.807, 2.05) is 79.7 Å². The van der Waals surface area contributed by atoms with Crippen molar-refractivity contribution < 1.29 is 9.26 Å². The summed E-state index contributed by atoms with van der Waals surface area (Å²) in [4.78, 5) is 32.9. The number of aromatic amines is 1. The molecule has 3 aromatic carbocycles. The van der Waals surface area contributed by atoms with Gasteiger partial charge in [0.25, 0.3) is 5.56 Å². The third-order valence-electron chi connectivity index (χ3n) is 7.36. The molecule has 42 heavy (non-hydrogen) atoms. The van der Waals surface area contributed by atoms with Gasteiger partial charge in [0, 0.05) is 24.1 Å². The van der Waals surface area contributed by atoms with Gasteiger partial charge in [0.05, 0.1) is 12.8 Å². The zero-order chi connectivity index (χ0) is 28.8. The maximum atomic E-state index is 13.8. The SMILES string of the molecule is CCCCc1nc(C)n(CCc2ccc(OC)cc2)c(=O)c1Cc1ccc(-c2ccccc2-c2noc(=O)[nH]2)cc1.[NaH]. The van der Waals surface area contributed by atoms with Gasteiger partial charge >= 0.3 is 35.3 Å². The van der Waals surface area contributed by atoms with Crippen molar-refractivity contribution in [3.05, 3.63) is 122 Å². The standard InChI is InChI=1S/C33H34N4O4.Na.H/c1-4-5-10-30-29(32(38)37(22(2)34-30)20-19-23-13-17-26(40-3)18-14-23)21-24-11-15-25(16-12-24)27-8-6-7-9-28(27)31-35-33(39)41-36-31;;/h6-9,11-18H,4-5,10,19-21H2,1-3H3,(H,35,36,39);;. The Labute approximate surface area is 267 Å². The third kappa shape index (κ3) is 7.18. The van der Waals surface area contributed by atoms with Gasteiger partial charge in [0.15, 0.2) is 5.82 Å². The first-order valence-corrected chi connectivity index (χ1v) is 13.9. The van der Waals surface area contributed by atoms with Crippen molar-refractivity contribution in [3.8, 4) is 28.3 Å². The molecule has 0 saturated heterocycles. The molecule has 0 saturated carbocycles. The minimum absolute atomic E-state index is 0. The van der Waals surface area contributed by atoms with Crippen molar-refractivity contribution >= 4 is 29.6 Å². The fourth-order valence-electron chi connectivity index (χ4n) is 5.08. The molecule has 5 aromatic rings. The summed E-state index contributed by atoms with van der Waals surface area (Å²) in [6.45, 7) is 4.63. The topological polar surface area (TPSA) is 103 Å². The van der Waals surface area contributed by atoms with Gasteiger partial charge in [-0.2, -0.15) is 0 Å². The zero-order valence-electron chi connectivity index (χ0n) is 23.6. The Morgan fingerprint density at radius 2 is 1.60 bits per heavy atom. The van der Waals surface area contributed by atoms with Crippen LogP contribution in [0.2, 0.25) is 0 Å². The molecule has 5 rings (SSSR count). The number of aryl methyl sites for hydroxylation is 3. The summed E-state index contributed by atoms with van der Waals surface area (Å²) < 4.78 is 11.8. The van der Waals surface area contributed by atoms with Gasteiger partial charge in [-0.05, 0) is 60.6 Å². The number of ether oxygens (including phenoxy) is 1. The minimum atomic E-state index is -0.592. The van der Waals surface area contributed by atoms with Crippen LogP contribution in [0.1, 0.15) is 48.0 Å². The average Bonchev–Trinajstić information content (AvgIpc) is 3.44. The molecule has 0 atom stereocenters. The number of hydrogen-bond acceptors (Lipinski definition) is 6. The summed E-state index contributed by atoms with van der Waals surface area (Å²) >= 11 is 0. The molecule has 0 unspecified atom stereocenters. The number of aromatic nitrogens is 4. The predicted molar refractivity (Wildman–Crippen MR) is 166 cm³/mol. The Morgan fingerprint density at radius 1 is 0.905 bits per heavy atom. The molecule has 212 valence electrons. The number of H-pyrrole nitrogens is 1. The van der Waals surface area contributed by atoms with E-state index in [-0.39, 0.29) is 35.1 Å². The summed E-state index contributed by atoms with van der Waals surface area (Å²) in [6, 6.07) is 23.8. The van der Waals surface area contributed by atoms with Gasteiger partial charge in [0.1, 0.15) is 11.6 Å². The molecule has 8 nitrogen and oxygen atoms in total. The van der Waals surface area contributed by atoms with Crippen molar-refractivity contribution in [2.75, 3.05) is 7.11 Å². The molecule has 0 aliphatic heterocycles. The summed E-state index contributed by atoms with van der Waals surface area (Å²) in [7, 11) is 1.65. The van der Waals surface area contributed by atoms with E-state index < -0.39 is 5.76 Å². The second-order valence-electron chi connectivity index (χ2n) is 10.1. The second kappa shape index (κ2) is 14.4. The molecule has 0 bridgehead atoms. The molecule has 0 radical (unpaired) electrons. The molecule has 0 amide bonds. The number of unbranched alkanes of at least 4 members (excludes halogenated alkanes) is 1. The third-order valence-corrected chi connectivity index (χ3v) is 7.36. The fourth-order valence-corrected chi connectivity index (χ4v) is 5.08. The van der Waals surface area contributed by atoms with Gasteiger partial charge in [-0.25, -0.2) is 9.78 Å². The van der Waals surface area contributed by atoms with Crippen LogP contribution in [0.4, 0.5) is 0 Å². The van der Waals surface area contributed by atoms with E-state index in [1.165, 1.54) is 0 Å². The van der Waals surface area contributed by atoms with E-state index in [4.69, 9.17) is 14.2 Å². The Balaban J connectivity index is 0.00000405. The number of benzene rings is 3. The summed E-state index contributed by atoms with van der Waals surface area (Å²) in [5.41, 5.74) is 6.51. The molecule has 0 aliphatic rings. The van der Waals surface area contributed by atoms with Crippen molar-refractivity contribution in [1.82, 2.24) is 19.7 Å². The Bertz CT molecular complexity index is 1740. The van der Waals surface area contributed by atoms with Gasteiger partial charge in [-0.3, -0.25) is 18.9 Å². The molecule has 1 N–H and O–H groups in total. The van der Waals surface area contributed by atoms with Crippen LogP contribution in [-0.2, 0) is 25.8 Å². The van der Waals surface area contributed by atoms with E-state index in [9.17, 15) is 9.59 Å². The van der Waals surface area contributed by atoms with Crippen LogP contribution in [0, 0.1) is 6.92 Å². The first-order valence-electron chi connectivity index (χ1n) is 13.9. The monoisotopic (exact) mass is 574 g/mol. The fraction of sp³-hybridized carbons (Fsp3) is 0.273. The van der Waals surface area contributed by atoms with Crippen molar-refractivity contribution in [3.63, 3.8) is 0 Å². The van der Waals surface area contributed by atoms with E-state index in [1.54, 1.807) is 11.7 Å². The molecule has 2 aromatic heterocycles. The van der Waals surface area contributed by atoms with Crippen LogP contribution in [0.25, 0.3) is 22.5 Å². The van der Waals surface area contributed by atoms with Gasteiger partial charge in [-0.15, -0.1) is 0 Å². The van der Waals surface area contributed by atoms with Gasteiger partial charge in [-0.1, -0.05) is 79.2 Å². The quantitative estimate of drug-likeness (QED) is 0.220. The van der Waals surface area contributed by atoms with Gasteiger partial charge in [0.2, 0.25) is 0 Å². The normalized spacial score (nSPS) is 10.8. The first-order chi connectivity index (χ1) is 20.0. The Kier molecular flexibility index (Phi) is 10.7. The van der Waals surface area contributed by atoms with E-state index in [0.717, 1.165) is 76.3 Å². The van der Waals surface area contributed by atoms with Crippen LogP contribution in [0.5, 0.6) is 5.75 Å². The zero-order valence-corrected chi connectivity index (χ0v) is 23.6. The Morgan fingerprint density at radius 3 is 2.24 bits per heavy atom. The van der Waals surface area contributed by atoms with Crippen LogP contribution < -0.4 is 16.1 Å². The van der Waals surface area contributed by atoms with Crippen molar-refractivity contribution in [2.45, 2.75) is 52.5 Å². The number of methoxy groups -OCH3 is 1. The number of nitrogens with one attached hydrogen (secondary N) is 1. The maximum absolute atomic E-state index is 13.8. The van der Waals surface area contributed by atoms with Crippen molar-refractivity contribution in [1.29, 1.82) is 0 Å². The molecule has 9 heteroatoms. The predicted octanol–water partition coefficient (Wildman–Crippen LogP) is 5.10. The molecule has 2 heterocycles. The number of hydrogen-bond donors (Lipinski definition) is 1. The summed E-state index contributed by atoms with van der Waals surface area (Å²) in [5.74, 6) is 1.35. The van der Waals surface area contributed by atoms with E-state index in [2.05, 4.69) is 17.1 Å². The number of nitrogens with zero attached hydrogens (tertiary/aromatic N) is 3. The molecular weight excluding hydrogens is 539 g/mol. The average molecular weight is 575 g/mol. The summed E-state index contributed by atoms with van der Waals surface area (Å²) in [6.07, 6.45) is 4.03. The van der Waals surface area contributed by atoms with Crippen LogP contribution >= 0.6 is 0 Å². The van der Waals surface area contributed by atoms with E-state index in [0.29, 0.717) is 18.8 Å². The van der Waals surface area contributed by atoms with Crippen LogP contribution in [0.3, 0.4) is 0 Å². The van der Waals surface area contributed by atoms with E-state index >= 15 is 0 Å². The number of rotatable bonds is 11. The van der Waals surface area contributed by atoms with Crippen molar-refractivity contribution in [2.24, 2.45) is 0 Å². The second-order valence-corrected chi connectivity index (χ2v) is 10.1. The molecular formula is C33H35N4NaO4. The van der Waals surface area contributed by atoms with Crippen LogP contribution in [0.15, 0.2) is 86.9 Å². The first kappa shape index (κ1) is 31.2. The Hall–Kier alpha value is -3.72.